The van der Waals surface area contributed by atoms with Gasteiger partial charge in [0.2, 0.25) is 10.0 Å². The number of nitro groups is 1. The van der Waals surface area contributed by atoms with Crippen LogP contribution in [0.15, 0.2) is 41.3 Å². The highest BCUT2D eigenvalue weighted by molar-refractivity contribution is 7.89. The molecule has 2 rings (SSSR count). The van der Waals surface area contributed by atoms with Crippen molar-refractivity contribution in [2.24, 2.45) is 0 Å². The fourth-order valence-corrected chi connectivity index (χ4v) is 3.36. The van der Waals surface area contributed by atoms with Crippen LogP contribution in [-0.4, -0.2) is 26.3 Å². The summed E-state index contributed by atoms with van der Waals surface area (Å²) in [6.07, 6.45) is 0. The molecule has 0 spiro atoms. The van der Waals surface area contributed by atoms with Gasteiger partial charge in [0.1, 0.15) is 4.90 Å². The van der Waals surface area contributed by atoms with Crippen LogP contribution < -0.4 is 10.0 Å². The number of rotatable bonds is 5. The first-order valence-electron chi connectivity index (χ1n) is 6.96. The Kier molecular flexibility index (Phi) is 5.41. The van der Waals surface area contributed by atoms with Crippen molar-refractivity contribution in [1.82, 2.24) is 4.72 Å². The number of nitrogens with one attached hydrogen (secondary N) is 2. The highest BCUT2D eigenvalue weighted by Crippen LogP contribution is 2.27. The van der Waals surface area contributed by atoms with Gasteiger partial charge in [0.05, 0.1) is 21.2 Å². The van der Waals surface area contributed by atoms with E-state index in [0.29, 0.717) is 0 Å². The fourth-order valence-electron chi connectivity index (χ4n) is 2.11. The van der Waals surface area contributed by atoms with E-state index in [1.807, 2.05) is 0 Å². The molecule has 25 heavy (non-hydrogen) atoms. The van der Waals surface area contributed by atoms with Crippen LogP contribution in [0.2, 0.25) is 5.02 Å². The van der Waals surface area contributed by atoms with Gasteiger partial charge in [-0.2, -0.15) is 0 Å². The Balaban J connectivity index is 2.39. The molecule has 0 atom stereocenters. The number of sulfonamides is 1. The van der Waals surface area contributed by atoms with Crippen molar-refractivity contribution < 1.29 is 18.1 Å². The standard InChI is InChI=1S/C15H14ClN3O5S/c1-9-12(4-3-5-13(9)19(21)22)18-15(20)10-6-7-11(16)14(8-10)25(23,24)17-2/h3-8,17H,1-2H3,(H,18,20). The predicted molar refractivity (Wildman–Crippen MR) is 93.5 cm³/mol. The Bertz CT molecular complexity index is 960. The third-order valence-corrected chi connectivity index (χ3v) is 5.40. The molecule has 10 heteroatoms. The van der Waals surface area contributed by atoms with E-state index in [4.69, 9.17) is 11.6 Å². The molecule has 0 aliphatic rings. The number of hydrogen-bond acceptors (Lipinski definition) is 5. The van der Waals surface area contributed by atoms with Crippen molar-refractivity contribution in [3.63, 3.8) is 0 Å². The summed E-state index contributed by atoms with van der Waals surface area (Å²) in [5, 5.41) is 13.5. The van der Waals surface area contributed by atoms with E-state index in [9.17, 15) is 23.3 Å². The van der Waals surface area contributed by atoms with Crippen LogP contribution >= 0.6 is 11.6 Å². The van der Waals surface area contributed by atoms with Crippen molar-refractivity contribution in [2.75, 3.05) is 12.4 Å². The van der Waals surface area contributed by atoms with E-state index in [1.165, 1.54) is 44.3 Å². The summed E-state index contributed by atoms with van der Waals surface area (Å²) in [6.45, 7) is 1.51. The van der Waals surface area contributed by atoms with E-state index in [2.05, 4.69) is 10.0 Å². The van der Waals surface area contributed by atoms with Crippen LogP contribution in [0.25, 0.3) is 0 Å². The lowest BCUT2D eigenvalue weighted by Gasteiger charge is -2.10. The highest BCUT2D eigenvalue weighted by atomic mass is 35.5. The van der Waals surface area contributed by atoms with E-state index in [0.717, 1.165) is 6.07 Å². The van der Waals surface area contributed by atoms with Crippen molar-refractivity contribution in [1.29, 1.82) is 0 Å². The monoisotopic (exact) mass is 383 g/mol. The smallest absolute Gasteiger partial charge is 0.274 e. The van der Waals surface area contributed by atoms with Gasteiger partial charge in [-0.25, -0.2) is 13.1 Å². The van der Waals surface area contributed by atoms with Crippen LogP contribution in [0.1, 0.15) is 15.9 Å². The first kappa shape index (κ1) is 18.8. The van der Waals surface area contributed by atoms with Gasteiger partial charge in [-0.05, 0) is 38.2 Å². The lowest BCUT2D eigenvalue weighted by molar-refractivity contribution is -0.385. The average Bonchev–Trinajstić information content (AvgIpc) is 2.56. The summed E-state index contributed by atoms with van der Waals surface area (Å²) in [4.78, 5) is 22.6. The molecule has 0 unspecified atom stereocenters. The fraction of sp³-hybridized carbons (Fsp3) is 0.133. The first-order chi connectivity index (χ1) is 11.7. The van der Waals surface area contributed by atoms with Crippen LogP contribution in [0, 0.1) is 17.0 Å². The minimum Gasteiger partial charge on any atom is -0.321 e. The van der Waals surface area contributed by atoms with E-state index >= 15 is 0 Å². The number of amides is 1. The number of nitrogens with zero attached hydrogens (tertiary/aromatic N) is 1. The van der Waals surface area contributed by atoms with Crippen LogP contribution in [0.3, 0.4) is 0 Å². The maximum absolute atomic E-state index is 12.4. The number of carbonyl (C=O) groups excluding carboxylic acids is 1. The average molecular weight is 384 g/mol. The lowest BCUT2D eigenvalue weighted by atomic mass is 10.1. The predicted octanol–water partition coefficient (Wildman–Crippen LogP) is 2.72. The van der Waals surface area contributed by atoms with Crippen molar-refractivity contribution >= 4 is 38.9 Å². The van der Waals surface area contributed by atoms with Crippen molar-refractivity contribution in [3.8, 4) is 0 Å². The Labute approximate surface area is 149 Å². The molecule has 0 bridgehead atoms. The zero-order chi connectivity index (χ0) is 18.8. The van der Waals surface area contributed by atoms with E-state index in [1.54, 1.807) is 0 Å². The molecule has 8 nitrogen and oxygen atoms in total. The molecular formula is C15H14ClN3O5S. The molecule has 0 saturated heterocycles. The Hall–Kier alpha value is -2.49. The molecule has 1 amide bonds. The second-order valence-corrected chi connectivity index (χ2v) is 7.28. The SMILES string of the molecule is CNS(=O)(=O)c1cc(C(=O)Nc2cccc([N+](=O)[O-])c2C)ccc1Cl. The summed E-state index contributed by atoms with van der Waals surface area (Å²) in [5.74, 6) is -0.618. The van der Waals surface area contributed by atoms with Crippen LogP contribution in [0.4, 0.5) is 11.4 Å². The molecule has 0 fully saturated rings. The molecular weight excluding hydrogens is 370 g/mol. The second kappa shape index (κ2) is 7.18. The molecule has 0 aliphatic heterocycles. The third-order valence-electron chi connectivity index (χ3n) is 3.50. The Morgan fingerprint density at radius 2 is 1.92 bits per heavy atom. The van der Waals surface area contributed by atoms with Gasteiger partial charge in [0, 0.05) is 11.6 Å². The molecule has 0 saturated carbocycles. The van der Waals surface area contributed by atoms with Gasteiger partial charge >= 0.3 is 0 Å². The number of carbonyl (C=O) groups is 1. The summed E-state index contributed by atoms with van der Waals surface area (Å²) in [7, 11) is -2.61. The quantitative estimate of drug-likeness (QED) is 0.607. The number of hydrogen-bond donors (Lipinski definition) is 2. The zero-order valence-electron chi connectivity index (χ0n) is 13.2. The number of halogens is 1. The molecule has 0 aromatic heterocycles. The number of anilines is 1. The molecule has 2 aromatic carbocycles. The van der Waals surface area contributed by atoms with E-state index < -0.39 is 20.9 Å². The minimum atomic E-state index is -3.84. The largest absolute Gasteiger partial charge is 0.321 e. The van der Waals surface area contributed by atoms with Crippen LogP contribution in [-0.2, 0) is 10.0 Å². The maximum atomic E-state index is 12.4. The molecule has 132 valence electrons. The normalized spacial score (nSPS) is 11.2. The van der Waals surface area contributed by atoms with Crippen molar-refractivity contribution in [2.45, 2.75) is 11.8 Å². The Morgan fingerprint density at radius 3 is 2.52 bits per heavy atom. The second-order valence-electron chi connectivity index (χ2n) is 5.01. The topological polar surface area (TPSA) is 118 Å². The van der Waals surface area contributed by atoms with Gasteiger partial charge in [0.15, 0.2) is 0 Å². The zero-order valence-corrected chi connectivity index (χ0v) is 14.8. The highest BCUT2D eigenvalue weighted by Gasteiger charge is 2.20. The minimum absolute atomic E-state index is 0.0302. The van der Waals surface area contributed by atoms with Crippen molar-refractivity contribution in [3.05, 3.63) is 62.7 Å². The molecule has 0 heterocycles. The summed E-state index contributed by atoms with van der Waals surface area (Å²) in [6, 6.07) is 8.07. The van der Waals surface area contributed by atoms with Crippen LogP contribution in [0.5, 0.6) is 0 Å². The lowest BCUT2D eigenvalue weighted by Crippen LogP contribution is -2.20. The summed E-state index contributed by atoms with van der Waals surface area (Å²) < 4.78 is 26.0. The number of nitro benzene ring substituents is 1. The van der Waals surface area contributed by atoms with Gasteiger partial charge < -0.3 is 5.32 Å². The molecule has 0 radical (unpaired) electrons. The number of benzene rings is 2. The van der Waals surface area contributed by atoms with Gasteiger partial charge in [-0.1, -0.05) is 17.7 Å². The third kappa shape index (κ3) is 3.95. The molecule has 2 aromatic rings. The maximum Gasteiger partial charge on any atom is 0.274 e. The van der Waals surface area contributed by atoms with Gasteiger partial charge in [-0.15, -0.1) is 0 Å². The van der Waals surface area contributed by atoms with Gasteiger partial charge in [0.25, 0.3) is 11.6 Å². The Morgan fingerprint density at radius 1 is 1.24 bits per heavy atom. The summed E-state index contributed by atoms with van der Waals surface area (Å²) >= 11 is 5.88. The van der Waals surface area contributed by atoms with Gasteiger partial charge in [-0.3, -0.25) is 14.9 Å². The van der Waals surface area contributed by atoms with E-state index in [-0.39, 0.29) is 32.4 Å². The summed E-state index contributed by atoms with van der Waals surface area (Å²) in [5.41, 5.74) is 0.460. The molecule has 2 N–H and O–H groups in total. The molecule has 0 aliphatic carbocycles. The first-order valence-corrected chi connectivity index (χ1v) is 8.82.